The summed E-state index contributed by atoms with van der Waals surface area (Å²) in [5, 5.41) is 0. The van der Waals surface area contributed by atoms with Crippen molar-refractivity contribution in [3.05, 3.63) is 0 Å². The lowest BCUT2D eigenvalue weighted by molar-refractivity contribution is -0.140. The second-order valence-corrected chi connectivity index (χ2v) is 4.97. The van der Waals surface area contributed by atoms with Gasteiger partial charge in [0.25, 0.3) is 0 Å². The lowest BCUT2D eigenvalue weighted by Gasteiger charge is -2.18. The van der Waals surface area contributed by atoms with Gasteiger partial charge in [0.05, 0.1) is 12.7 Å². The molecule has 1 atom stereocenters. The topological polar surface area (TPSA) is 18.5 Å². The molecule has 0 N–H and O–H groups in total. The highest BCUT2D eigenvalue weighted by molar-refractivity contribution is 4.91. The largest absolute Gasteiger partial charge is 0.348 e. The van der Waals surface area contributed by atoms with Crippen LogP contribution in [0.4, 0.5) is 0 Å². The average Bonchev–Trinajstić information content (AvgIpc) is 2.53. The summed E-state index contributed by atoms with van der Waals surface area (Å²) in [4.78, 5) is 0. The van der Waals surface area contributed by atoms with Crippen molar-refractivity contribution in [1.29, 1.82) is 0 Å². The molecule has 2 heteroatoms. The fraction of sp³-hybridized carbons (Fsp3) is 1.00. The molecular formula is C10H18O2. The Morgan fingerprint density at radius 3 is 2.33 bits per heavy atom. The highest BCUT2D eigenvalue weighted by atomic mass is 16.7. The monoisotopic (exact) mass is 170 g/mol. The summed E-state index contributed by atoms with van der Waals surface area (Å²) in [7, 11) is 0. The van der Waals surface area contributed by atoms with Crippen LogP contribution in [0.1, 0.15) is 40.0 Å². The second-order valence-electron chi connectivity index (χ2n) is 4.97. The first-order chi connectivity index (χ1) is 5.49. The van der Waals surface area contributed by atoms with Crippen LogP contribution in [0.5, 0.6) is 0 Å². The molecule has 2 nitrogen and oxygen atoms in total. The van der Waals surface area contributed by atoms with Gasteiger partial charge in [-0.15, -0.1) is 0 Å². The van der Waals surface area contributed by atoms with Crippen LogP contribution in [0.25, 0.3) is 0 Å². The van der Waals surface area contributed by atoms with Crippen LogP contribution in [0, 0.1) is 5.41 Å². The molecule has 1 unspecified atom stereocenters. The average molecular weight is 170 g/mol. The van der Waals surface area contributed by atoms with E-state index in [1.807, 2.05) is 13.8 Å². The molecule has 2 rings (SSSR count). The molecule has 1 aliphatic carbocycles. The van der Waals surface area contributed by atoms with Crippen molar-refractivity contribution >= 4 is 0 Å². The van der Waals surface area contributed by atoms with Crippen LogP contribution in [0.2, 0.25) is 0 Å². The Balaban J connectivity index is 1.84. The summed E-state index contributed by atoms with van der Waals surface area (Å²) in [6.45, 7) is 7.09. The molecule has 0 aromatic heterocycles. The Labute approximate surface area is 74.2 Å². The zero-order chi connectivity index (χ0) is 8.82. The van der Waals surface area contributed by atoms with Crippen LogP contribution < -0.4 is 0 Å². The Kier molecular flexibility index (Phi) is 1.74. The van der Waals surface area contributed by atoms with E-state index >= 15 is 0 Å². The molecule has 1 saturated carbocycles. The zero-order valence-electron chi connectivity index (χ0n) is 8.22. The molecule has 70 valence electrons. The van der Waals surface area contributed by atoms with E-state index in [9.17, 15) is 0 Å². The Hall–Kier alpha value is -0.0800. The maximum atomic E-state index is 5.74. The highest BCUT2D eigenvalue weighted by Crippen LogP contribution is 2.50. The lowest BCUT2D eigenvalue weighted by Crippen LogP contribution is -2.22. The first kappa shape index (κ1) is 8.52. The van der Waals surface area contributed by atoms with E-state index in [0.29, 0.717) is 11.5 Å². The van der Waals surface area contributed by atoms with Crippen LogP contribution in [-0.2, 0) is 9.47 Å². The van der Waals surface area contributed by atoms with Crippen molar-refractivity contribution in [2.75, 3.05) is 6.61 Å². The van der Waals surface area contributed by atoms with E-state index in [1.165, 1.54) is 19.3 Å². The third kappa shape index (κ3) is 1.80. The van der Waals surface area contributed by atoms with Crippen LogP contribution >= 0.6 is 0 Å². The number of hydrogen-bond acceptors (Lipinski definition) is 2. The molecular weight excluding hydrogens is 152 g/mol. The molecule has 12 heavy (non-hydrogen) atoms. The minimum Gasteiger partial charge on any atom is -0.348 e. The van der Waals surface area contributed by atoms with Crippen molar-refractivity contribution in [2.24, 2.45) is 5.41 Å². The van der Waals surface area contributed by atoms with Gasteiger partial charge < -0.3 is 9.47 Å². The fourth-order valence-corrected chi connectivity index (χ4v) is 1.83. The number of ether oxygens (including phenoxy) is 2. The molecule has 0 aromatic carbocycles. The Morgan fingerprint density at radius 2 is 1.92 bits per heavy atom. The molecule has 0 bridgehead atoms. The Morgan fingerprint density at radius 1 is 1.25 bits per heavy atom. The summed E-state index contributed by atoms with van der Waals surface area (Å²) in [5.74, 6) is -0.337. The van der Waals surface area contributed by atoms with E-state index in [2.05, 4.69) is 6.92 Å². The molecule has 0 aromatic rings. The van der Waals surface area contributed by atoms with E-state index in [0.717, 1.165) is 6.61 Å². The summed E-state index contributed by atoms with van der Waals surface area (Å²) in [6, 6.07) is 0. The van der Waals surface area contributed by atoms with Gasteiger partial charge in [-0.1, -0.05) is 6.92 Å². The highest BCUT2D eigenvalue weighted by Gasteiger charge is 2.43. The zero-order valence-corrected chi connectivity index (χ0v) is 8.22. The summed E-state index contributed by atoms with van der Waals surface area (Å²) < 4.78 is 11.2. The predicted octanol–water partition coefficient (Wildman–Crippen LogP) is 2.33. The summed E-state index contributed by atoms with van der Waals surface area (Å²) in [6.07, 6.45) is 4.25. The second kappa shape index (κ2) is 2.46. The molecule has 2 fully saturated rings. The third-order valence-electron chi connectivity index (χ3n) is 2.89. The van der Waals surface area contributed by atoms with Gasteiger partial charge in [-0.25, -0.2) is 0 Å². The SMILES string of the molecule is CC1(CC2COC(C)(C)O2)CC1. The molecule has 1 heterocycles. The van der Waals surface area contributed by atoms with E-state index < -0.39 is 0 Å². The maximum Gasteiger partial charge on any atom is 0.163 e. The van der Waals surface area contributed by atoms with Gasteiger partial charge in [0.2, 0.25) is 0 Å². The van der Waals surface area contributed by atoms with Gasteiger partial charge >= 0.3 is 0 Å². The van der Waals surface area contributed by atoms with Crippen molar-refractivity contribution in [2.45, 2.75) is 51.9 Å². The number of hydrogen-bond donors (Lipinski definition) is 0. The quantitative estimate of drug-likeness (QED) is 0.633. The molecule has 2 aliphatic rings. The van der Waals surface area contributed by atoms with Gasteiger partial charge in [0, 0.05) is 0 Å². The summed E-state index contributed by atoms with van der Waals surface area (Å²) in [5.41, 5.74) is 0.578. The molecule has 1 saturated heterocycles. The standard InChI is InChI=1S/C10H18O2/c1-9(2)11-7-8(12-9)6-10(3)4-5-10/h8H,4-7H2,1-3H3. The Bertz CT molecular complexity index is 182. The van der Waals surface area contributed by atoms with Gasteiger partial charge in [-0.3, -0.25) is 0 Å². The normalized spacial score (nSPS) is 36.8. The van der Waals surface area contributed by atoms with Crippen molar-refractivity contribution in [3.8, 4) is 0 Å². The third-order valence-corrected chi connectivity index (χ3v) is 2.89. The minimum absolute atomic E-state index is 0.337. The number of rotatable bonds is 2. The van der Waals surface area contributed by atoms with Gasteiger partial charge in [0.15, 0.2) is 5.79 Å². The van der Waals surface area contributed by atoms with Gasteiger partial charge in [0.1, 0.15) is 0 Å². The molecule has 1 aliphatic heterocycles. The maximum absolute atomic E-state index is 5.74. The van der Waals surface area contributed by atoms with E-state index in [1.54, 1.807) is 0 Å². The van der Waals surface area contributed by atoms with Crippen molar-refractivity contribution in [3.63, 3.8) is 0 Å². The van der Waals surface area contributed by atoms with Crippen LogP contribution in [0.15, 0.2) is 0 Å². The minimum atomic E-state index is -0.337. The van der Waals surface area contributed by atoms with Crippen molar-refractivity contribution < 1.29 is 9.47 Å². The first-order valence-corrected chi connectivity index (χ1v) is 4.81. The molecule has 0 amide bonds. The first-order valence-electron chi connectivity index (χ1n) is 4.81. The van der Waals surface area contributed by atoms with Gasteiger partial charge in [-0.05, 0) is 38.5 Å². The fourth-order valence-electron chi connectivity index (χ4n) is 1.83. The molecule has 0 radical (unpaired) electrons. The lowest BCUT2D eigenvalue weighted by atomic mass is 10.0. The molecule has 0 spiro atoms. The summed E-state index contributed by atoms with van der Waals surface area (Å²) >= 11 is 0. The van der Waals surface area contributed by atoms with Crippen LogP contribution in [0.3, 0.4) is 0 Å². The van der Waals surface area contributed by atoms with E-state index in [4.69, 9.17) is 9.47 Å². The van der Waals surface area contributed by atoms with Crippen molar-refractivity contribution in [1.82, 2.24) is 0 Å². The van der Waals surface area contributed by atoms with Crippen LogP contribution in [-0.4, -0.2) is 18.5 Å². The smallest absolute Gasteiger partial charge is 0.163 e. The predicted molar refractivity (Wildman–Crippen MR) is 46.9 cm³/mol. The van der Waals surface area contributed by atoms with Gasteiger partial charge in [-0.2, -0.15) is 0 Å². The van der Waals surface area contributed by atoms with E-state index in [-0.39, 0.29) is 5.79 Å².